The summed E-state index contributed by atoms with van der Waals surface area (Å²) >= 11 is 12.7. The number of benzene rings is 3. The van der Waals surface area contributed by atoms with Gasteiger partial charge in [0.2, 0.25) is 5.79 Å². The highest BCUT2D eigenvalue weighted by molar-refractivity contribution is 6.35. The fraction of sp³-hybridized carbons (Fsp3) is 0.364. The molecule has 0 saturated carbocycles. The summed E-state index contributed by atoms with van der Waals surface area (Å²) in [5, 5.41) is 10.9. The number of piperazine rings is 1. The van der Waals surface area contributed by atoms with Gasteiger partial charge in [-0.1, -0.05) is 36.2 Å². The van der Waals surface area contributed by atoms with Gasteiger partial charge in [0.15, 0.2) is 0 Å². The molecule has 4 aromatic rings. The van der Waals surface area contributed by atoms with E-state index in [1.54, 1.807) is 23.1 Å². The van der Waals surface area contributed by atoms with Crippen LogP contribution >= 0.6 is 23.2 Å². The Morgan fingerprint density at radius 1 is 1.00 bits per heavy atom. The number of ether oxygens (including phenoxy) is 3. The monoisotopic (exact) mass is 665 g/mol. The Labute approximate surface area is 278 Å². The number of anilines is 3. The normalized spacial score (nSPS) is 19.7. The van der Waals surface area contributed by atoms with Crippen LogP contribution in [0.5, 0.6) is 5.75 Å². The van der Waals surface area contributed by atoms with Crippen molar-refractivity contribution in [3.8, 4) is 5.75 Å². The average Bonchev–Trinajstić information content (AvgIpc) is 3.74. The maximum atomic E-state index is 11.9. The number of urea groups is 1. The molecule has 2 saturated heterocycles. The van der Waals surface area contributed by atoms with E-state index in [0.717, 1.165) is 55.4 Å². The number of carbonyl (C=O) groups excluding carboxylic acids is 1. The van der Waals surface area contributed by atoms with E-state index in [0.29, 0.717) is 35.4 Å². The van der Waals surface area contributed by atoms with Gasteiger partial charge < -0.3 is 34.6 Å². The fourth-order valence-corrected chi connectivity index (χ4v) is 6.17. The van der Waals surface area contributed by atoms with Gasteiger partial charge in [-0.25, -0.2) is 14.5 Å². The quantitative estimate of drug-likeness (QED) is 0.207. The molecule has 0 aliphatic carbocycles. The lowest BCUT2D eigenvalue weighted by atomic mass is 10.1. The van der Waals surface area contributed by atoms with Crippen LogP contribution in [0.3, 0.4) is 0 Å². The molecule has 6 rings (SSSR count). The summed E-state index contributed by atoms with van der Waals surface area (Å²) in [5.74, 6) is -0.402. The van der Waals surface area contributed by atoms with Gasteiger partial charge in [0, 0.05) is 60.4 Å². The minimum absolute atomic E-state index is 0.179. The van der Waals surface area contributed by atoms with Gasteiger partial charge in [-0.05, 0) is 67.1 Å². The molecule has 2 amide bonds. The molecule has 242 valence electrons. The van der Waals surface area contributed by atoms with Crippen molar-refractivity contribution in [3.05, 3.63) is 95.0 Å². The number of aromatic nitrogens is 3. The second-order valence-electron chi connectivity index (χ2n) is 11.2. The van der Waals surface area contributed by atoms with Crippen LogP contribution in [0.25, 0.3) is 0 Å². The third kappa shape index (κ3) is 7.67. The van der Waals surface area contributed by atoms with Crippen molar-refractivity contribution in [1.82, 2.24) is 20.1 Å². The van der Waals surface area contributed by atoms with Gasteiger partial charge >= 0.3 is 6.03 Å². The predicted molar refractivity (Wildman–Crippen MR) is 179 cm³/mol. The summed E-state index contributed by atoms with van der Waals surface area (Å²) < 4.78 is 20.5. The SMILES string of the molecule is CCCNC(=O)Nc1ccc(N2CCN(c3ccc(OCC4COC(Cn5cncn5)(c5ccc(Cl)cc5Cl)O4)cc3)CC2)cc1. The van der Waals surface area contributed by atoms with Gasteiger partial charge in [0.1, 0.15) is 37.7 Å². The minimum atomic E-state index is -1.15. The van der Waals surface area contributed by atoms with Crippen LogP contribution in [0.1, 0.15) is 18.9 Å². The molecule has 2 aliphatic rings. The number of hydrogen-bond acceptors (Lipinski definition) is 8. The van der Waals surface area contributed by atoms with Gasteiger partial charge in [0.25, 0.3) is 0 Å². The third-order valence-electron chi connectivity index (χ3n) is 7.98. The first-order valence-electron chi connectivity index (χ1n) is 15.4. The van der Waals surface area contributed by atoms with Gasteiger partial charge in [-0.15, -0.1) is 0 Å². The second-order valence-corrected chi connectivity index (χ2v) is 12.1. The molecule has 3 heterocycles. The first-order valence-corrected chi connectivity index (χ1v) is 16.1. The Morgan fingerprint density at radius 2 is 1.70 bits per heavy atom. The molecule has 0 spiro atoms. The molecular formula is C33H37Cl2N7O4. The summed E-state index contributed by atoms with van der Waals surface area (Å²) in [6, 6.07) is 21.2. The zero-order valence-corrected chi connectivity index (χ0v) is 27.1. The zero-order chi connectivity index (χ0) is 31.9. The highest BCUT2D eigenvalue weighted by Gasteiger charge is 2.45. The topological polar surface area (TPSA) is 106 Å². The Balaban J connectivity index is 0.999. The fourth-order valence-electron chi connectivity index (χ4n) is 5.62. The molecule has 0 radical (unpaired) electrons. The Hall–Kier alpha value is -4.03. The molecule has 2 aliphatic heterocycles. The van der Waals surface area contributed by atoms with Crippen molar-refractivity contribution >= 4 is 46.3 Å². The highest BCUT2D eigenvalue weighted by Crippen LogP contribution is 2.40. The van der Waals surface area contributed by atoms with Crippen molar-refractivity contribution in [2.24, 2.45) is 0 Å². The van der Waals surface area contributed by atoms with E-state index in [1.165, 1.54) is 6.33 Å². The lowest BCUT2D eigenvalue weighted by molar-refractivity contribution is -0.190. The Morgan fingerprint density at radius 3 is 2.33 bits per heavy atom. The maximum absolute atomic E-state index is 11.9. The van der Waals surface area contributed by atoms with E-state index < -0.39 is 5.79 Å². The number of rotatable bonds is 11. The first kappa shape index (κ1) is 31.9. The van der Waals surface area contributed by atoms with E-state index in [2.05, 4.69) is 54.8 Å². The van der Waals surface area contributed by atoms with Gasteiger partial charge in [-0.3, -0.25) is 0 Å². The molecule has 46 heavy (non-hydrogen) atoms. The van der Waals surface area contributed by atoms with Crippen molar-refractivity contribution in [3.63, 3.8) is 0 Å². The molecular weight excluding hydrogens is 629 g/mol. The van der Waals surface area contributed by atoms with E-state index >= 15 is 0 Å². The molecule has 2 atom stereocenters. The largest absolute Gasteiger partial charge is 0.491 e. The van der Waals surface area contributed by atoms with Gasteiger partial charge in [0.05, 0.1) is 11.6 Å². The molecule has 2 fully saturated rings. The molecule has 2 N–H and O–H groups in total. The summed E-state index contributed by atoms with van der Waals surface area (Å²) in [6.45, 7) is 7.17. The van der Waals surface area contributed by atoms with E-state index in [4.69, 9.17) is 37.4 Å². The van der Waals surface area contributed by atoms with Crippen molar-refractivity contribution in [1.29, 1.82) is 0 Å². The Bertz CT molecular complexity index is 1580. The van der Waals surface area contributed by atoms with Crippen LogP contribution in [0.4, 0.5) is 21.9 Å². The minimum Gasteiger partial charge on any atom is -0.491 e. The van der Waals surface area contributed by atoms with Crippen LogP contribution < -0.4 is 25.2 Å². The first-order chi connectivity index (χ1) is 22.4. The van der Waals surface area contributed by atoms with Crippen LogP contribution in [-0.2, 0) is 21.8 Å². The van der Waals surface area contributed by atoms with Crippen LogP contribution in [-0.4, -0.2) is 72.8 Å². The van der Waals surface area contributed by atoms with E-state index in [1.807, 2.05) is 37.3 Å². The van der Waals surface area contributed by atoms with Crippen molar-refractivity contribution in [2.75, 3.05) is 61.1 Å². The number of nitrogens with one attached hydrogen (secondary N) is 2. The summed E-state index contributed by atoms with van der Waals surface area (Å²) in [4.78, 5) is 20.7. The molecule has 0 bridgehead atoms. The molecule has 13 heteroatoms. The second kappa shape index (κ2) is 14.6. The number of amides is 2. The summed E-state index contributed by atoms with van der Waals surface area (Å²) in [5.41, 5.74) is 3.74. The third-order valence-corrected chi connectivity index (χ3v) is 8.53. The summed E-state index contributed by atoms with van der Waals surface area (Å²) in [7, 11) is 0. The molecule has 11 nitrogen and oxygen atoms in total. The Kier molecular flexibility index (Phi) is 10.1. The number of halogens is 2. The lowest BCUT2D eigenvalue weighted by Crippen LogP contribution is -2.46. The van der Waals surface area contributed by atoms with E-state index in [-0.39, 0.29) is 18.7 Å². The van der Waals surface area contributed by atoms with Crippen LogP contribution in [0.15, 0.2) is 79.4 Å². The maximum Gasteiger partial charge on any atom is 0.319 e. The van der Waals surface area contributed by atoms with Crippen LogP contribution in [0, 0.1) is 0 Å². The standard InChI is InChI=1S/C33H37Cl2N7O4/c1-2-13-37-32(43)39-25-4-6-26(7-5-25)40-14-16-41(17-15-40)27-8-10-28(11-9-27)44-19-29-20-45-33(46-29,21-42-23-36-22-38-42)30-12-3-24(34)18-31(30)35/h3-12,18,22-23,29H,2,13-17,19-21H2,1H3,(H2,37,39,43). The number of nitrogens with zero attached hydrogens (tertiary/aromatic N) is 5. The molecule has 1 aromatic heterocycles. The van der Waals surface area contributed by atoms with E-state index in [9.17, 15) is 4.79 Å². The predicted octanol–water partition coefficient (Wildman–Crippen LogP) is 5.79. The summed E-state index contributed by atoms with van der Waals surface area (Å²) in [6.07, 6.45) is 3.65. The molecule has 2 unspecified atom stereocenters. The molecule has 3 aromatic carbocycles. The highest BCUT2D eigenvalue weighted by atomic mass is 35.5. The average molecular weight is 667 g/mol. The smallest absolute Gasteiger partial charge is 0.319 e. The number of carbonyl (C=O) groups is 1. The van der Waals surface area contributed by atoms with Crippen molar-refractivity contribution in [2.45, 2.75) is 31.8 Å². The van der Waals surface area contributed by atoms with Gasteiger partial charge in [-0.2, -0.15) is 5.10 Å². The lowest BCUT2D eigenvalue weighted by Gasteiger charge is -2.37. The zero-order valence-electron chi connectivity index (χ0n) is 25.6. The number of hydrogen-bond donors (Lipinski definition) is 2. The van der Waals surface area contributed by atoms with Crippen LogP contribution in [0.2, 0.25) is 10.0 Å². The van der Waals surface area contributed by atoms with Crippen molar-refractivity contribution < 1.29 is 19.0 Å².